The van der Waals surface area contributed by atoms with Crippen LogP contribution < -0.4 is 16.6 Å². The minimum atomic E-state index is -0.564. The van der Waals surface area contributed by atoms with Gasteiger partial charge in [0.15, 0.2) is 0 Å². The molecule has 0 unspecified atom stereocenters. The van der Waals surface area contributed by atoms with E-state index in [2.05, 4.69) is 20.3 Å². The maximum Gasteiger partial charge on any atom is 0.323 e. The van der Waals surface area contributed by atoms with Crippen LogP contribution in [0.2, 0.25) is 0 Å². The molecule has 1 aromatic carbocycles. The van der Waals surface area contributed by atoms with Crippen LogP contribution in [0.15, 0.2) is 52.3 Å². The number of carbonyl (C=O) groups excluding carboxylic acids is 1. The molecule has 0 atom stereocenters. The van der Waals surface area contributed by atoms with Gasteiger partial charge < -0.3 is 15.3 Å². The Hall–Kier alpha value is -3.68. The number of amides is 1. The standard InChI is InChI=1S/C17H13N5O3/c1-9-2-5-14-18-7-11(16(24)22(14)8-9)15(23)19-10-3-4-12-13(6-10)21-17(25)20-12/h2-8H,1H3,(H,19,23)(H2,20,21,25). The molecule has 3 N–H and O–H groups in total. The second-order valence-electron chi connectivity index (χ2n) is 5.71. The number of nitrogens with zero attached hydrogens (tertiary/aromatic N) is 2. The summed E-state index contributed by atoms with van der Waals surface area (Å²) in [6, 6.07) is 8.47. The number of hydrogen-bond acceptors (Lipinski definition) is 4. The third-order valence-electron chi connectivity index (χ3n) is 3.87. The van der Waals surface area contributed by atoms with Crippen molar-refractivity contribution in [3.05, 3.63) is 74.7 Å². The van der Waals surface area contributed by atoms with Gasteiger partial charge in [0.25, 0.3) is 11.5 Å². The summed E-state index contributed by atoms with van der Waals surface area (Å²) in [4.78, 5) is 45.7. The van der Waals surface area contributed by atoms with Crippen LogP contribution in [0.4, 0.5) is 5.69 Å². The lowest BCUT2D eigenvalue weighted by Gasteiger charge is -2.07. The number of H-pyrrole nitrogens is 2. The Bertz CT molecular complexity index is 1250. The third kappa shape index (κ3) is 2.59. The predicted molar refractivity (Wildman–Crippen MR) is 93.1 cm³/mol. The zero-order valence-electron chi connectivity index (χ0n) is 13.2. The van der Waals surface area contributed by atoms with E-state index in [1.165, 1.54) is 10.6 Å². The summed E-state index contributed by atoms with van der Waals surface area (Å²) in [5.41, 5.74) is 2.17. The molecule has 0 aliphatic carbocycles. The summed E-state index contributed by atoms with van der Waals surface area (Å²) in [7, 11) is 0. The fourth-order valence-electron chi connectivity index (χ4n) is 2.65. The highest BCUT2D eigenvalue weighted by molar-refractivity contribution is 6.04. The lowest BCUT2D eigenvalue weighted by Crippen LogP contribution is -2.26. The van der Waals surface area contributed by atoms with E-state index < -0.39 is 11.5 Å². The van der Waals surface area contributed by atoms with Crippen molar-refractivity contribution in [2.75, 3.05) is 5.32 Å². The topological polar surface area (TPSA) is 112 Å². The van der Waals surface area contributed by atoms with Gasteiger partial charge >= 0.3 is 5.69 Å². The van der Waals surface area contributed by atoms with Crippen molar-refractivity contribution in [3.8, 4) is 0 Å². The molecule has 4 rings (SSSR count). The first-order chi connectivity index (χ1) is 12.0. The van der Waals surface area contributed by atoms with Gasteiger partial charge in [-0.1, -0.05) is 6.07 Å². The van der Waals surface area contributed by atoms with Gasteiger partial charge in [-0.15, -0.1) is 0 Å². The van der Waals surface area contributed by atoms with E-state index >= 15 is 0 Å². The number of fused-ring (bicyclic) bond motifs is 2. The average molecular weight is 335 g/mol. The lowest BCUT2D eigenvalue weighted by molar-refractivity contribution is 0.102. The van der Waals surface area contributed by atoms with Gasteiger partial charge in [0.05, 0.1) is 11.0 Å². The molecular formula is C17H13N5O3. The molecule has 0 aliphatic heterocycles. The zero-order chi connectivity index (χ0) is 17.6. The number of nitrogens with one attached hydrogen (secondary N) is 3. The summed E-state index contributed by atoms with van der Waals surface area (Å²) in [5, 5.41) is 2.65. The number of aryl methyl sites for hydroxylation is 1. The minimum absolute atomic E-state index is 0.0641. The molecule has 0 saturated carbocycles. The number of pyridine rings is 1. The van der Waals surface area contributed by atoms with Crippen molar-refractivity contribution in [3.63, 3.8) is 0 Å². The second kappa shape index (κ2) is 5.45. The van der Waals surface area contributed by atoms with Gasteiger partial charge in [0.2, 0.25) is 0 Å². The van der Waals surface area contributed by atoms with Gasteiger partial charge in [-0.2, -0.15) is 0 Å². The highest BCUT2D eigenvalue weighted by atomic mass is 16.2. The van der Waals surface area contributed by atoms with Crippen molar-refractivity contribution in [2.24, 2.45) is 0 Å². The van der Waals surface area contributed by atoms with Crippen LogP contribution in [0.1, 0.15) is 15.9 Å². The summed E-state index contributed by atoms with van der Waals surface area (Å²) in [5.74, 6) is -0.564. The maximum absolute atomic E-state index is 12.5. The van der Waals surface area contributed by atoms with E-state index in [-0.39, 0.29) is 11.3 Å². The number of aromatic amines is 2. The largest absolute Gasteiger partial charge is 0.323 e. The quantitative estimate of drug-likeness (QED) is 0.514. The fourth-order valence-corrected chi connectivity index (χ4v) is 2.65. The Morgan fingerprint density at radius 2 is 1.92 bits per heavy atom. The number of anilines is 1. The molecule has 0 radical (unpaired) electrons. The van der Waals surface area contributed by atoms with Gasteiger partial charge in [-0.25, -0.2) is 9.78 Å². The summed E-state index contributed by atoms with van der Waals surface area (Å²) in [6.45, 7) is 1.85. The van der Waals surface area contributed by atoms with Crippen LogP contribution in [-0.4, -0.2) is 25.3 Å². The molecule has 0 aliphatic rings. The Morgan fingerprint density at radius 3 is 2.76 bits per heavy atom. The van der Waals surface area contributed by atoms with Crippen molar-refractivity contribution in [1.29, 1.82) is 0 Å². The first-order valence-electron chi connectivity index (χ1n) is 7.53. The molecule has 124 valence electrons. The molecule has 0 bridgehead atoms. The van der Waals surface area contributed by atoms with Gasteiger partial charge in [0, 0.05) is 18.1 Å². The first kappa shape index (κ1) is 14.9. The van der Waals surface area contributed by atoms with Crippen molar-refractivity contribution in [1.82, 2.24) is 19.4 Å². The smallest absolute Gasteiger partial charge is 0.322 e. The van der Waals surface area contributed by atoms with Crippen LogP contribution in [-0.2, 0) is 0 Å². The van der Waals surface area contributed by atoms with E-state index in [0.29, 0.717) is 22.4 Å². The van der Waals surface area contributed by atoms with E-state index in [9.17, 15) is 14.4 Å². The number of benzene rings is 1. The SMILES string of the molecule is Cc1ccc2ncc(C(=O)Nc3ccc4[nH]c(=O)[nH]c4c3)c(=O)n2c1. The molecule has 3 heterocycles. The molecular weight excluding hydrogens is 322 g/mol. The van der Waals surface area contributed by atoms with E-state index in [1.54, 1.807) is 30.5 Å². The molecule has 8 heteroatoms. The summed E-state index contributed by atoms with van der Waals surface area (Å²) in [6.07, 6.45) is 2.90. The van der Waals surface area contributed by atoms with Crippen LogP contribution in [0.3, 0.4) is 0 Å². The first-order valence-corrected chi connectivity index (χ1v) is 7.53. The van der Waals surface area contributed by atoms with Crippen LogP contribution in [0, 0.1) is 6.92 Å². The molecule has 0 fully saturated rings. The number of carbonyl (C=O) groups is 1. The van der Waals surface area contributed by atoms with Crippen LogP contribution in [0.25, 0.3) is 16.7 Å². The normalized spacial score (nSPS) is 11.1. The zero-order valence-corrected chi connectivity index (χ0v) is 13.2. The van der Waals surface area contributed by atoms with Crippen molar-refractivity contribution < 1.29 is 4.79 Å². The minimum Gasteiger partial charge on any atom is -0.322 e. The highest BCUT2D eigenvalue weighted by Gasteiger charge is 2.14. The lowest BCUT2D eigenvalue weighted by atomic mass is 10.2. The Labute approximate surface area is 140 Å². The van der Waals surface area contributed by atoms with E-state index in [4.69, 9.17) is 0 Å². The number of imidazole rings is 1. The fraction of sp³-hybridized carbons (Fsp3) is 0.0588. The predicted octanol–water partition coefficient (Wildman–Crippen LogP) is 1.42. The monoisotopic (exact) mass is 335 g/mol. The highest BCUT2D eigenvalue weighted by Crippen LogP contribution is 2.15. The molecule has 0 spiro atoms. The Balaban J connectivity index is 1.72. The third-order valence-corrected chi connectivity index (χ3v) is 3.87. The van der Waals surface area contributed by atoms with Crippen molar-refractivity contribution >= 4 is 28.3 Å². The Kier molecular flexibility index (Phi) is 3.24. The maximum atomic E-state index is 12.5. The summed E-state index contributed by atoms with van der Waals surface area (Å²) >= 11 is 0. The molecule has 25 heavy (non-hydrogen) atoms. The van der Waals surface area contributed by atoms with E-state index in [0.717, 1.165) is 5.56 Å². The molecule has 1 amide bonds. The molecule has 4 aromatic rings. The molecule has 0 saturated heterocycles. The number of hydrogen-bond donors (Lipinski definition) is 3. The molecule has 3 aromatic heterocycles. The molecule has 8 nitrogen and oxygen atoms in total. The van der Waals surface area contributed by atoms with E-state index in [1.807, 2.05) is 13.0 Å². The van der Waals surface area contributed by atoms with Crippen LogP contribution in [0.5, 0.6) is 0 Å². The number of rotatable bonds is 2. The number of aromatic nitrogens is 4. The average Bonchev–Trinajstić information content (AvgIpc) is 2.95. The Morgan fingerprint density at radius 1 is 1.12 bits per heavy atom. The second-order valence-corrected chi connectivity index (χ2v) is 5.71. The van der Waals surface area contributed by atoms with Gasteiger partial charge in [-0.05, 0) is 36.8 Å². The van der Waals surface area contributed by atoms with Crippen molar-refractivity contribution in [2.45, 2.75) is 6.92 Å². The van der Waals surface area contributed by atoms with Gasteiger partial charge in [-0.3, -0.25) is 14.0 Å². The summed E-state index contributed by atoms with van der Waals surface area (Å²) < 4.78 is 1.34. The van der Waals surface area contributed by atoms with Gasteiger partial charge in [0.1, 0.15) is 11.2 Å². The van der Waals surface area contributed by atoms with Crippen LogP contribution >= 0.6 is 0 Å².